The number of likely N-dealkylation sites (tertiary alicyclic amines) is 1. The van der Waals surface area contributed by atoms with Gasteiger partial charge in [0.2, 0.25) is 23.6 Å². The fraction of sp³-hybridized carbons (Fsp3) is 0.590. The van der Waals surface area contributed by atoms with Crippen molar-refractivity contribution in [1.29, 1.82) is 0 Å². The Balaban J connectivity index is 1.45. The minimum atomic E-state index is -1.58. The van der Waals surface area contributed by atoms with E-state index in [1.54, 1.807) is 4.90 Å². The quantitative estimate of drug-likeness (QED) is 0.0805. The molecule has 1 aliphatic heterocycles. The molecule has 4 atom stereocenters. The number of amides is 4. The van der Waals surface area contributed by atoms with E-state index in [2.05, 4.69) is 16.0 Å². The Morgan fingerprint density at radius 1 is 0.769 bits per heavy atom. The molecule has 1 saturated heterocycles. The van der Waals surface area contributed by atoms with Gasteiger partial charge < -0.3 is 48.3 Å². The molecule has 4 amide bonds. The van der Waals surface area contributed by atoms with Crippen LogP contribution in [0.4, 0.5) is 0 Å². The number of rotatable bonds is 18. The number of hydrogen-bond acceptors (Lipinski definition) is 9. The third kappa shape index (κ3) is 11.3. The van der Waals surface area contributed by atoms with Crippen molar-refractivity contribution in [1.82, 2.24) is 20.9 Å². The summed E-state index contributed by atoms with van der Waals surface area (Å²) < 4.78 is 0. The molecular weight excluding hydrogens is 662 g/mol. The van der Waals surface area contributed by atoms with Crippen LogP contribution in [-0.4, -0.2) is 94.4 Å². The molecule has 1 heterocycles. The molecular formula is C39H59N7O6. The maximum absolute atomic E-state index is 14.0. The molecule has 13 nitrogen and oxygen atoms in total. The number of carbonyl (C=O) groups excluding carboxylic acids is 4. The van der Waals surface area contributed by atoms with Crippen LogP contribution in [0.5, 0.6) is 0 Å². The summed E-state index contributed by atoms with van der Waals surface area (Å²) in [6, 6.07) is 15.0. The Bertz CT molecular complexity index is 1460. The van der Waals surface area contributed by atoms with E-state index in [1.165, 1.54) is 0 Å². The van der Waals surface area contributed by atoms with E-state index in [4.69, 9.17) is 17.2 Å². The Kier molecular flexibility index (Phi) is 14.7. The van der Waals surface area contributed by atoms with E-state index < -0.39 is 53.7 Å². The maximum atomic E-state index is 14.0. The van der Waals surface area contributed by atoms with E-state index in [-0.39, 0.29) is 23.7 Å². The van der Waals surface area contributed by atoms with Crippen molar-refractivity contribution in [3.8, 4) is 0 Å². The number of benzene rings is 2. The lowest BCUT2D eigenvalue weighted by molar-refractivity contribution is -0.173. The number of nitrogens with one attached hydrogen (secondary N) is 3. The molecule has 2 fully saturated rings. The monoisotopic (exact) mass is 721 g/mol. The highest BCUT2D eigenvalue weighted by Gasteiger charge is 2.56. The molecule has 0 aromatic heterocycles. The fourth-order valence-electron chi connectivity index (χ4n) is 7.60. The second kappa shape index (κ2) is 18.7. The van der Waals surface area contributed by atoms with Gasteiger partial charge in [0.15, 0.2) is 6.29 Å². The third-order valence-corrected chi connectivity index (χ3v) is 10.5. The van der Waals surface area contributed by atoms with E-state index >= 15 is 0 Å². The van der Waals surface area contributed by atoms with Crippen molar-refractivity contribution in [2.45, 2.75) is 114 Å². The fourth-order valence-corrected chi connectivity index (χ4v) is 7.60. The van der Waals surface area contributed by atoms with Gasteiger partial charge in [0.05, 0.1) is 11.6 Å². The number of aliphatic hydroxyl groups is 2. The first-order valence-electron chi connectivity index (χ1n) is 18.6. The summed E-state index contributed by atoms with van der Waals surface area (Å²) in [7, 11) is 0. The zero-order chi connectivity index (χ0) is 37.9. The molecule has 4 rings (SSSR count). The topological polar surface area (TPSA) is 226 Å². The van der Waals surface area contributed by atoms with Gasteiger partial charge in [-0.3, -0.25) is 19.2 Å². The molecule has 0 bridgehead atoms. The second-order valence-corrected chi connectivity index (χ2v) is 15.4. The minimum absolute atomic E-state index is 0.0248. The largest absolute Gasteiger partial charge is 0.367 e. The predicted molar refractivity (Wildman–Crippen MR) is 199 cm³/mol. The third-order valence-electron chi connectivity index (χ3n) is 10.5. The summed E-state index contributed by atoms with van der Waals surface area (Å²) >= 11 is 0. The summed E-state index contributed by atoms with van der Waals surface area (Å²) in [5, 5.41) is 28.0. The molecule has 1 spiro atoms. The van der Waals surface area contributed by atoms with Crippen molar-refractivity contribution >= 4 is 23.6 Å². The molecule has 11 N–H and O–H groups in total. The Labute approximate surface area is 307 Å². The van der Waals surface area contributed by atoms with Crippen LogP contribution in [0, 0.1) is 11.3 Å². The van der Waals surface area contributed by atoms with Crippen LogP contribution in [-0.2, 0) is 32.0 Å². The first kappa shape index (κ1) is 40.9. The number of carbonyl (C=O) groups is 4. The number of aliphatic hydroxyl groups excluding tert-OH is 1. The van der Waals surface area contributed by atoms with Crippen molar-refractivity contribution in [2.75, 3.05) is 19.6 Å². The highest BCUT2D eigenvalue weighted by Crippen LogP contribution is 2.54. The van der Waals surface area contributed by atoms with Gasteiger partial charge in [0.1, 0.15) is 18.1 Å². The van der Waals surface area contributed by atoms with Crippen LogP contribution in [0.2, 0.25) is 0 Å². The number of nitrogens with two attached hydrogens (primary N) is 3. The minimum Gasteiger partial charge on any atom is -0.367 e. The van der Waals surface area contributed by atoms with Gasteiger partial charge in [-0.15, -0.1) is 0 Å². The smallest absolute Gasteiger partial charge is 0.245 e. The summed E-state index contributed by atoms with van der Waals surface area (Å²) in [6.45, 7) is 5.28. The molecule has 286 valence electrons. The van der Waals surface area contributed by atoms with Gasteiger partial charge >= 0.3 is 0 Å². The van der Waals surface area contributed by atoms with Crippen LogP contribution >= 0.6 is 0 Å². The first-order valence-corrected chi connectivity index (χ1v) is 18.6. The lowest BCUT2D eigenvalue weighted by Gasteiger charge is -2.58. The van der Waals surface area contributed by atoms with Crippen LogP contribution in [0.15, 0.2) is 60.7 Å². The Morgan fingerprint density at radius 2 is 1.29 bits per heavy atom. The SMILES string of the molecule is CC(C)C[C@@H](NC(=O)[C@@H](Cc1ccccc1)NC(=O)[C@H](N)Cc1ccccc1)C(=O)N[C@H](CCCCN)C(=O)N1CCC2(CC1)CC(N)(C(O)O)C2. The van der Waals surface area contributed by atoms with Gasteiger partial charge in [0, 0.05) is 19.5 Å². The zero-order valence-corrected chi connectivity index (χ0v) is 30.6. The molecule has 2 aliphatic rings. The lowest BCUT2D eigenvalue weighted by Crippen LogP contribution is -2.67. The summed E-state index contributed by atoms with van der Waals surface area (Å²) in [6.07, 6.45) is 3.25. The van der Waals surface area contributed by atoms with Crippen LogP contribution in [0.1, 0.15) is 76.3 Å². The Morgan fingerprint density at radius 3 is 1.83 bits per heavy atom. The molecule has 2 aromatic carbocycles. The van der Waals surface area contributed by atoms with Crippen molar-refractivity contribution in [3.63, 3.8) is 0 Å². The van der Waals surface area contributed by atoms with E-state index in [0.717, 1.165) is 11.1 Å². The zero-order valence-electron chi connectivity index (χ0n) is 30.6. The average molecular weight is 722 g/mol. The number of piperidine rings is 1. The number of unbranched alkanes of at least 4 members (excludes halogenated alkanes) is 1. The maximum Gasteiger partial charge on any atom is 0.245 e. The second-order valence-electron chi connectivity index (χ2n) is 15.4. The summed E-state index contributed by atoms with van der Waals surface area (Å²) in [5.74, 6) is -1.66. The summed E-state index contributed by atoms with van der Waals surface area (Å²) in [5.41, 5.74) is 18.7. The lowest BCUT2D eigenvalue weighted by atomic mass is 9.53. The van der Waals surface area contributed by atoms with E-state index in [9.17, 15) is 29.4 Å². The average Bonchev–Trinajstić information content (AvgIpc) is 3.10. The van der Waals surface area contributed by atoms with Crippen molar-refractivity contribution in [3.05, 3.63) is 71.8 Å². The predicted octanol–water partition coefficient (Wildman–Crippen LogP) is 0.839. The van der Waals surface area contributed by atoms with Gasteiger partial charge in [-0.25, -0.2) is 0 Å². The van der Waals surface area contributed by atoms with Gasteiger partial charge in [-0.05, 0) is 86.8 Å². The van der Waals surface area contributed by atoms with Gasteiger partial charge in [-0.2, -0.15) is 0 Å². The molecule has 0 radical (unpaired) electrons. The first-order chi connectivity index (χ1) is 24.7. The van der Waals surface area contributed by atoms with Gasteiger partial charge in [0.25, 0.3) is 0 Å². The standard InChI is InChI=1S/C39H59N7O6/c1-26(2)21-31(45-35(49)32(23-28-13-7-4-8-14-28)44-33(47)29(41)22-27-11-5-3-6-12-27)34(48)43-30(15-9-10-18-40)36(50)46-19-16-38(17-20-46)24-39(42,25-38)37(51)52/h3-8,11-14,26,29-32,37,51-52H,9-10,15-25,40-42H2,1-2H3,(H,43,48)(H,44,47)(H,45,49)/t29-,30-,31-,32-/m1/s1. The molecule has 1 saturated carbocycles. The molecule has 1 aliphatic carbocycles. The van der Waals surface area contributed by atoms with Crippen LogP contribution in [0.3, 0.4) is 0 Å². The summed E-state index contributed by atoms with van der Waals surface area (Å²) in [4.78, 5) is 56.9. The van der Waals surface area contributed by atoms with Crippen molar-refractivity contribution < 1.29 is 29.4 Å². The van der Waals surface area contributed by atoms with Crippen LogP contribution < -0.4 is 33.2 Å². The molecule has 0 unspecified atom stereocenters. The highest BCUT2D eigenvalue weighted by molar-refractivity contribution is 5.95. The Hall–Kier alpha value is -3.88. The van der Waals surface area contributed by atoms with E-state index in [1.807, 2.05) is 74.5 Å². The highest BCUT2D eigenvalue weighted by atomic mass is 16.5. The van der Waals surface area contributed by atoms with E-state index in [0.29, 0.717) is 77.4 Å². The van der Waals surface area contributed by atoms with Gasteiger partial charge in [-0.1, -0.05) is 74.5 Å². The molecule has 52 heavy (non-hydrogen) atoms. The number of hydrogen-bond donors (Lipinski definition) is 8. The van der Waals surface area contributed by atoms with Crippen LogP contribution in [0.25, 0.3) is 0 Å². The molecule has 2 aromatic rings. The molecule has 13 heteroatoms. The number of nitrogens with zero attached hydrogens (tertiary/aromatic N) is 1. The normalized spacial score (nSPS) is 18.6. The van der Waals surface area contributed by atoms with Crippen molar-refractivity contribution in [2.24, 2.45) is 28.5 Å².